The second-order valence-electron chi connectivity index (χ2n) is 7.16. The molecule has 0 radical (unpaired) electrons. The monoisotopic (exact) mass is 379 g/mol. The fourth-order valence-corrected chi connectivity index (χ4v) is 3.22. The zero-order chi connectivity index (χ0) is 20.5. The highest BCUT2D eigenvalue weighted by molar-refractivity contribution is 5.95. The maximum atomic E-state index is 12.6. The Morgan fingerprint density at radius 3 is 2.50 bits per heavy atom. The van der Waals surface area contributed by atoms with E-state index in [1.807, 2.05) is 6.07 Å². The first-order chi connectivity index (χ1) is 13.2. The van der Waals surface area contributed by atoms with Gasteiger partial charge in [-0.1, -0.05) is 18.2 Å². The molecule has 0 aliphatic carbocycles. The molecule has 0 saturated heterocycles. The molecular formula is C21H21N3O4. The average Bonchev–Trinajstić information content (AvgIpc) is 2.67. The SMILES string of the molecule is CC(=O)N(NC(=O)c1ccccc1)[C@@H]1c2cc(C#N)ccc2OC(C)(C)[C@H]1O. The summed E-state index contributed by atoms with van der Waals surface area (Å²) in [6.45, 7) is 4.70. The van der Waals surface area contributed by atoms with Gasteiger partial charge >= 0.3 is 0 Å². The van der Waals surface area contributed by atoms with E-state index in [1.54, 1.807) is 62.4 Å². The van der Waals surface area contributed by atoms with Crippen LogP contribution < -0.4 is 10.2 Å². The smallest absolute Gasteiger partial charge is 0.269 e. The topological polar surface area (TPSA) is 103 Å². The molecule has 144 valence electrons. The van der Waals surface area contributed by atoms with Gasteiger partial charge in [0, 0.05) is 18.1 Å². The van der Waals surface area contributed by atoms with Crippen molar-refractivity contribution in [1.82, 2.24) is 10.4 Å². The van der Waals surface area contributed by atoms with Crippen LogP contribution in [0.4, 0.5) is 0 Å². The van der Waals surface area contributed by atoms with Crippen molar-refractivity contribution in [3.63, 3.8) is 0 Å². The van der Waals surface area contributed by atoms with Crippen LogP contribution in [0.5, 0.6) is 5.75 Å². The normalized spacial score (nSPS) is 19.5. The maximum Gasteiger partial charge on any atom is 0.269 e. The summed E-state index contributed by atoms with van der Waals surface area (Å²) in [6, 6.07) is 14.4. The zero-order valence-electron chi connectivity index (χ0n) is 15.8. The highest BCUT2D eigenvalue weighted by Gasteiger charge is 2.47. The zero-order valence-corrected chi connectivity index (χ0v) is 15.8. The standard InChI is InChI=1S/C21H21N3O4/c1-13(25)24(23-20(27)15-7-5-4-6-8-15)18-16-11-14(12-22)9-10-17(16)28-21(2,3)19(18)26/h4-11,18-19,26H,1-3H3,(H,23,27)/t18-,19+/m1/s1. The molecule has 1 heterocycles. The van der Waals surface area contributed by atoms with Crippen LogP contribution in [-0.4, -0.2) is 33.6 Å². The van der Waals surface area contributed by atoms with E-state index in [-0.39, 0.29) is 0 Å². The number of carbonyl (C=O) groups excluding carboxylic acids is 2. The lowest BCUT2D eigenvalue weighted by Gasteiger charge is -2.45. The van der Waals surface area contributed by atoms with Crippen LogP contribution in [0.3, 0.4) is 0 Å². The molecule has 2 N–H and O–H groups in total. The van der Waals surface area contributed by atoms with Crippen LogP contribution in [0.2, 0.25) is 0 Å². The molecule has 0 saturated carbocycles. The molecule has 7 heteroatoms. The highest BCUT2D eigenvalue weighted by atomic mass is 16.5. The third-order valence-corrected chi connectivity index (χ3v) is 4.72. The first kappa shape index (κ1) is 19.4. The van der Waals surface area contributed by atoms with Gasteiger partial charge in [0.05, 0.1) is 11.6 Å². The molecule has 1 aliphatic rings. The van der Waals surface area contributed by atoms with Gasteiger partial charge in [-0.25, -0.2) is 5.01 Å². The van der Waals surface area contributed by atoms with E-state index in [4.69, 9.17) is 4.74 Å². The lowest BCUT2D eigenvalue weighted by atomic mass is 9.85. The van der Waals surface area contributed by atoms with Crippen molar-refractivity contribution < 1.29 is 19.4 Å². The minimum atomic E-state index is -1.14. The number of rotatable bonds is 2. The second-order valence-corrected chi connectivity index (χ2v) is 7.16. The number of aliphatic hydroxyl groups is 1. The first-order valence-corrected chi connectivity index (χ1v) is 8.81. The van der Waals surface area contributed by atoms with Gasteiger partial charge in [-0.3, -0.25) is 15.0 Å². The minimum absolute atomic E-state index is 0.358. The number of nitrogens with zero attached hydrogens (tertiary/aromatic N) is 2. The number of ether oxygens (including phenoxy) is 1. The van der Waals surface area contributed by atoms with Crippen molar-refractivity contribution in [2.24, 2.45) is 0 Å². The number of benzene rings is 2. The van der Waals surface area contributed by atoms with Gasteiger partial charge in [-0.05, 0) is 44.2 Å². The molecule has 0 unspecified atom stereocenters. The van der Waals surface area contributed by atoms with Crippen molar-refractivity contribution in [2.75, 3.05) is 0 Å². The first-order valence-electron chi connectivity index (χ1n) is 8.81. The summed E-state index contributed by atoms with van der Waals surface area (Å²) in [7, 11) is 0. The molecule has 0 aromatic heterocycles. The molecule has 2 aromatic carbocycles. The van der Waals surface area contributed by atoms with Gasteiger partial charge in [0.2, 0.25) is 5.91 Å². The van der Waals surface area contributed by atoms with Crippen LogP contribution in [-0.2, 0) is 4.79 Å². The van der Waals surface area contributed by atoms with Crippen molar-refractivity contribution >= 4 is 11.8 Å². The Hall–Kier alpha value is -3.37. The van der Waals surface area contributed by atoms with E-state index in [9.17, 15) is 20.0 Å². The summed E-state index contributed by atoms with van der Waals surface area (Å²) in [5.74, 6) is -0.496. The van der Waals surface area contributed by atoms with Crippen molar-refractivity contribution in [3.05, 3.63) is 65.2 Å². The Bertz CT molecular complexity index is 950. The molecule has 1 aliphatic heterocycles. The quantitative estimate of drug-likeness (QED) is 0.780. The van der Waals surface area contributed by atoms with E-state index in [1.165, 1.54) is 6.92 Å². The van der Waals surface area contributed by atoms with Gasteiger partial charge in [-0.15, -0.1) is 0 Å². The predicted molar refractivity (Wildman–Crippen MR) is 101 cm³/mol. The number of aliphatic hydroxyl groups excluding tert-OH is 1. The molecule has 0 fully saturated rings. The molecule has 2 amide bonds. The Kier molecular flexibility index (Phi) is 5.08. The second kappa shape index (κ2) is 7.33. The Morgan fingerprint density at radius 2 is 1.89 bits per heavy atom. The summed E-state index contributed by atoms with van der Waals surface area (Å²) in [4.78, 5) is 25.1. The van der Waals surface area contributed by atoms with E-state index in [0.717, 1.165) is 5.01 Å². The predicted octanol–water partition coefficient (Wildman–Crippen LogP) is 2.32. The summed E-state index contributed by atoms with van der Waals surface area (Å²) >= 11 is 0. The summed E-state index contributed by atoms with van der Waals surface area (Å²) in [6.07, 6.45) is -1.14. The van der Waals surface area contributed by atoms with E-state index >= 15 is 0 Å². The summed E-state index contributed by atoms with van der Waals surface area (Å²) in [5.41, 5.74) is 2.77. The molecule has 2 aromatic rings. The Labute approximate surface area is 163 Å². The van der Waals surface area contributed by atoms with Crippen LogP contribution in [0.25, 0.3) is 0 Å². The fraction of sp³-hybridized carbons (Fsp3) is 0.286. The van der Waals surface area contributed by atoms with Gasteiger partial charge in [-0.2, -0.15) is 5.26 Å². The van der Waals surface area contributed by atoms with Gasteiger partial charge in [0.25, 0.3) is 5.91 Å². The number of nitrogens with one attached hydrogen (secondary N) is 1. The number of hydrazine groups is 1. The van der Waals surface area contributed by atoms with Gasteiger partial charge in [0.15, 0.2) is 0 Å². The largest absolute Gasteiger partial charge is 0.485 e. The van der Waals surface area contributed by atoms with Gasteiger partial charge in [0.1, 0.15) is 23.5 Å². The number of hydrogen-bond acceptors (Lipinski definition) is 5. The molecule has 28 heavy (non-hydrogen) atoms. The van der Waals surface area contributed by atoms with E-state index in [2.05, 4.69) is 5.43 Å². The van der Waals surface area contributed by atoms with E-state index < -0.39 is 29.6 Å². The molecule has 0 spiro atoms. The van der Waals surface area contributed by atoms with Crippen LogP contribution in [0.1, 0.15) is 48.3 Å². The van der Waals surface area contributed by atoms with Gasteiger partial charge < -0.3 is 9.84 Å². The summed E-state index contributed by atoms with van der Waals surface area (Å²) in [5, 5.41) is 21.3. The van der Waals surface area contributed by atoms with Crippen molar-refractivity contribution in [2.45, 2.75) is 38.5 Å². The lowest BCUT2D eigenvalue weighted by Crippen LogP contribution is -2.58. The molecule has 3 rings (SSSR count). The third kappa shape index (κ3) is 3.55. The minimum Gasteiger partial charge on any atom is -0.485 e. The molecule has 0 bridgehead atoms. The number of fused-ring (bicyclic) bond motifs is 1. The average molecular weight is 379 g/mol. The number of hydrogen-bond donors (Lipinski definition) is 2. The fourth-order valence-electron chi connectivity index (χ4n) is 3.22. The number of amides is 2. The van der Waals surface area contributed by atoms with Crippen LogP contribution in [0, 0.1) is 11.3 Å². The molecule has 7 nitrogen and oxygen atoms in total. The lowest BCUT2D eigenvalue weighted by molar-refractivity contribution is -0.147. The van der Waals surface area contributed by atoms with Crippen LogP contribution in [0.15, 0.2) is 48.5 Å². The van der Waals surface area contributed by atoms with Crippen molar-refractivity contribution in [1.29, 1.82) is 5.26 Å². The van der Waals surface area contributed by atoms with Crippen molar-refractivity contribution in [3.8, 4) is 11.8 Å². The van der Waals surface area contributed by atoms with Crippen LogP contribution >= 0.6 is 0 Å². The highest BCUT2D eigenvalue weighted by Crippen LogP contribution is 2.42. The Morgan fingerprint density at radius 1 is 1.21 bits per heavy atom. The van der Waals surface area contributed by atoms with E-state index in [0.29, 0.717) is 22.4 Å². The number of carbonyl (C=O) groups is 2. The maximum absolute atomic E-state index is 12.6. The summed E-state index contributed by atoms with van der Waals surface area (Å²) < 4.78 is 5.87. The Balaban J connectivity index is 2.05. The number of nitriles is 1. The molecular weight excluding hydrogens is 358 g/mol. The molecule has 2 atom stereocenters. The third-order valence-electron chi connectivity index (χ3n) is 4.72.